The minimum absolute atomic E-state index is 0. The van der Waals surface area contributed by atoms with E-state index in [0.29, 0.717) is 5.41 Å². The zero-order valence-electron chi connectivity index (χ0n) is 14.0. The van der Waals surface area contributed by atoms with Gasteiger partial charge in [0, 0.05) is 11.6 Å². The van der Waals surface area contributed by atoms with Gasteiger partial charge in [-0.25, -0.2) is 0 Å². The van der Waals surface area contributed by atoms with Gasteiger partial charge in [0.1, 0.15) is 0 Å². The molecule has 2 aromatic rings. The molecule has 0 saturated carbocycles. The van der Waals surface area contributed by atoms with Crippen molar-refractivity contribution < 1.29 is 0 Å². The van der Waals surface area contributed by atoms with E-state index in [2.05, 4.69) is 53.4 Å². The molecule has 1 saturated heterocycles. The van der Waals surface area contributed by atoms with Crippen LogP contribution in [0.4, 0.5) is 0 Å². The molecule has 0 amide bonds. The Morgan fingerprint density at radius 1 is 0.958 bits per heavy atom. The highest BCUT2D eigenvalue weighted by molar-refractivity contribution is 6.30. The average molecular weight is 362 g/mol. The van der Waals surface area contributed by atoms with Gasteiger partial charge in [0.2, 0.25) is 0 Å². The molecule has 2 aliphatic rings. The highest BCUT2D eigenvalue weighted by atomic mass is 35.5. The first-order valence-corrected chi connectivity index (χ1v) is 9.18. The summed E-state index contributed by atoms with van der Waals surface area (Å²) in [6.45, 7) is 3.50. The second kappa shape index (κ2) is 7.47. The van der Waals surface area contributed by atoms with Gasteiger partial charge in [-0.15, -0.1) is 12.4 Å². The van der Waals surface area contributed by atoms with Gasteiger partial charge in [0.25, 0.3) is 0 Å². The average Bonchev–Trinajstić information content (AvgIpc) is 2.58. The highest BCUT2D eigenvalue weighted by Gasteiger charge is 2.39. The predicted molar refractivity (Wildman–Crippen MR) is 104 cm³/mol. The molecule has 24 heavy (non-hydrogen) atoms. The normalized spacial score (nSPS) is 19.5. The van der Waals surface area contributed by atoms with Crippen molar-refractivity contribution in [3.63, 3.8) is 0 Å². The number of rotatable bonds is 2. The third kappa shape index (κ3) is 3.49. The third-order valence-electron chi connectivity index (χ3n) is 5.80. The van der Waals surface area contributed by atoms with Gasteiger partial charge in [0.15, 0.2) is 0 Å². The maximum atomic E-state index is 6.21. The van der Waals surface area contributed by atoms with E-state index in [1.165, 1.54) is 56.3 Å². The number of benzene rings is 2. The van der Waals surface area contributed by atoms with Crippen LogP contribution in [0, 0.1) is 0 Å². The summed E-state index contributed by atoms with van der Waals surface area (Å²) in [5.74, 6) is 0. The molecule has 0 bridgehead atoms. The van der Waals surface area contributed by atoms with Crippen LogP contribution >= 0.6 is 24.0 Å². The Kier molecular flexibility index (Phi) is 5.54. The lowest BCUT2D eigenvalue weighted by Crippen LogP contribution is -2.44. The maximum Gasteiger partial charge on any atom is 0.0408 e. The largest absolute Gasteiger partial charge is 0.299 e. The van der Waals surface area contributed by atoms with Gasteiger partial charge in [-0.05, 0) is 79.4 Å². The van der Waals surface area contributed by atoms with E-state index in [4.69, 9.17) is 11.6 Å². The van der Waals surface area contributed by atoms with Crippen LogP contribution in [0.1, 0.15) is 42.4 Å². The molecule has 128 valence electrons. The van der Waals surface area contributed by atoms with Gasteiger partial charge < -0.3 is 0 Å². The van der Waals surface area contributed by atoms with Crippen molar-refractivity contribution in [1.29, 1.82) is 0 Å². The van der Waals surface area contributed by atoms with Crippen LogP contribution in [0.2, 0.25) is 5.02 Å². The van der Waals surface area contributed by atoms with Gasteiger partial charge in [-0.2, -0.15) is 0 Å². The van der Waals surface area contributed by atoms with Crippen molar-refractivity contribution in [2.75, 3.05) is 13.1 Å². The van der Waals surface area contributed by atoms with Crippen LogP contribution in [0.5, 0.6) is 0 Å². The molecular weight excluding hydrogens is 337 g/mol. The summed E-state index contributed by atoms with van der Waals surface area (Å²) in [4.78, 5) is 2.62. The molecule has 0 aromatic heterocycles. The van der Waals surface area contributed by atoms with E-state index in [9.17, 15) is 0 Å². The molecule has 1 fully saturated rings. The van der Waals surface area contributed by atoms with E-state index in [-0.39, 0.29) is 12.4 Å². The molecule has 0 N–H and O–H groups in total. The van der Waals surface area contributed by atoms with Crippen LogP contribution < -0.4 is 0 Å². The van der Waals surface area contributed by atoms with Crippen LogP contribution in [-0.4, -0.2) is 18.0 Å². The number of nitrogens with zero attached hydrogens (tertiary/aromatic N) is 1. The standard InChI is InChI=1S/C21H24ClN.ClH/c22-19-8-9-20-18(15-19)7-4-10-21(20)11-13-23(14-12-21)16-17-5-2-1-3-6-17;/h1-3,5-6,8-9,15H,4,7,10-14,16H2;1H. The van der Waals surface area contributed by atoms with Crippen molar-refractivity contribution >= 4 is 24.0 Å². The maximum absolute atomic E-state index is 6.21. The SMILES string of the molecule is Cl.Clc1ccc2c(c1)CCCC21CCN(Cc2ccccc2)CC1. The fourth-order valence-electron chi connectivity index (χ4n) is 4.54. The monoisotopic (exact) mass is 361 g/mol. The lowest BCUT2D eigenvalue weighted by Gasteiger charge is -2.45. The Morgan fingerprint density at radius 2 is 1.71 bits per heavy atom. The Labute approximate surface area is 156 Å². The number of hydrogen-bond acceptors (Lipinski definition) is 1. The second-order valence-electron chi connectivity index (χ2n) is 7.20. The van der Waals surface area contributed by atoms with Crippen molar-refractivity contribution in [3.8, 4) is 0 Å². The summed E-state index contributed by atoms with van der Waals surface area (Å²) in [7, 11) is 0. The summed E-state index contributed by atoms with van der Waals surface area (Å²) in [5.41, 5.74) is 4.93. The van der Waals surface area contributed by atoms with Crippen molar-refractivity contribution in [2.45, 2.75) is 44.1 Å². The Morgan fingerprint density at radius 3 is 2.46 bits per heavy atom. The molecule has 1 aliphatic carbocycles. The van der Waals surface area contributed by atoms with E-state index in [1.807, 2.05) is 0 Å². The fourth-order valence-corrected chi connectivity index (χ4v) is 4.73. The fraction of sp³-hybridized carbons (Fsp3) is 0.429. The molecule has 2 aromatic carbocycles. The Balaban J connectivity index is 0.00000169. The number of likely N-dealkylation sites (tertiary alicyclic amines) is 1. The topological polar surface area (TPSA) is 3.24 Å². The van der Waals surface area contributed by atoms with Crippen LogP contribution in [-0.2, 0) is 18.4 Å². The number of hydrogen-bond donors (Lipinski definition) is 0. The van der Waals surface area contributed by atoms with E-state index in [0.717, 1.165) is 11.6 Å². The van der Waals surface area contributed by atoms with Crippen molar-refractivity contribution in [3.05, 3.63) is 70.2 Å². The van der Waals surface area contributed by atoms with Crippen LogP contribution in [0.15, 0.2) is 48.5 Å². The number of fused-ring (bicyclic) bond motifs is 2. The van der Waals surface area contributed by atoms with Crippen molar-refractivity contribution in [2.24, 2.45) is 0 Å². The first-order valence-electron chi connectivity index (χ1n) is 8.80. The summed E-state index contributed by atoms with van der Waals surface area (Å²) in [6, 6.07) is 17.5. The lowest BCUT2D eigenvalue weighted by molar-refractivity contribution is 0.139. The molecule has 0 unspecified atom stereocenters. The third-order valence-corrected chi connectivity index (χ3v) is 6.04. The summed E-state index contributed by atoms with van der Waals surface area (Å²) < 4.78 is 0. The molecule has 3 heteroatoms. The van der Waals surface area contributed by atoms with Gasteiger partial charge in [-0.1, -0.05) is 48.0 Å². The van der Waals surface area contributed by atoms with E-state index >= 15 is 0 Å². The Hall–Kier alpha value is -1.02. The summed E-state index contributed by atoms with van der Waals surface area (Å²) in [5, 5.41) is 0.891. The molecular formula is C21H25Cl2N. The zero-order chi connectivity index (χ0) is 15.7. The van der Waals surface area contributed by atoms with E-state index < -0.39 is 0 Å². The number of piperidine rings is 1. The smallest absolute Gasteiger partial charge is 0.0408 e. The van der Waals surface area contributed by atoms with Gasteiger partial charge in [0.05, 0.1) is 0 Å². The lowest BCUT2D eigenvalue weighted by atomic mass is 9.65. The number of halogens is 2. The van der Waals surface area contributed by atoms with Crippen LogP contribution in [0.3, 0.4) is 0 Å². The minimum Gasteiger partial charge on any atom is -0.299 e. The zero-order valence-corrected chi connectivity index (χ0v) is 15.6. The van der Waals surface area contributed by atoms with Crippen molar-refractivity contribution in [1.82, 2.24) is 4.90 Å². The molecule has 1 nitrogen and oxygen atoms in total. The first kappa shape index (κ1) is 17.8. The molecule has 1 aliphatic heterocycles. The second-order valence-corrected chi connectivity index (χ2v) is 7.63. The minimum atomic E-state index is 0. The predicted octanol–water partition coefficient (Wildman–Crippen LogP) is 5.63. The van der Waals surface area contributed by atoms with Crippen LogP contribution in [0.25, 0.3) is 0 Å². The quantitative estimate of drug-likeness (QED) is 0.669. The molecule has 0 radical (unpaired) electrons. The summed E-state index contributed by atoms with van der Waals surface area (Å²) in [6.07, 6.45) is 6.43. The molecule has 1 spiro atoms. The first-order chi connectivity index (χ1) is 11.3. The van der Waals surface area contributed by atoms with Gasteiger partial charge >= 0.3 is 0 Å². The molecule has 0 atom stereocenters. The Bertz CT molecular complexity index is 675. The molecule has 4 rings (SSSR count). The molecule has 1 heterocycles. The van der Waals surface area contributed by atoms with E-state index in [1.54, 1.807) is 5.56 Å². The summed E-state index contributed by atoms with van der Waals surface area (Å²) >= 11 is 6.21. The highest BCUT2D eigenvalue weighted by Crippen LogP contribution is 2.45. The van der Waals surface area contributed by atoms with Gasteiger partial charge in [-0.3, -0.25) is 4.90 Å². The number of aryl methyl sites for hydroxylation is 1.